The monoisotopic (exact) mass is 416 g/mol. The Morgan fingerprint density at radius 2 is 1.76 bits per heavy atom. The number of hydrogen-bond acceptors (Lipinski definition) is 3. The Kier molecular flexibility index (Phi) is 5.06. The van der Waals surface area contributed by atoms with Crippen LogP contribution in [0, 0.1) is 0 Å². The lowest BCUT2D eigenvalue weighted by Gasteiger charge is -2.32. The van der Waals surface area contributed by atoms with Gasteiger partial charge in [0.1, 0.15) is 0 Å². The van der Waals surface area contributed by atoms with Crippen molar-refractivity contribution >= 4 is 45.1 Å². The van der Waals surface area contributed by atoms with Crippen molar-refractivity contribution in [3.05, 3.63) is 38.2 Å². The van der Waals surface area contributed by atoms with Crippen molar-refractivity contribution in [1.82, 2.24) is 0 Å². The summed E-state index contributed by atoms with van der Waals surface area (Å²) in [5, 5.41) is 9.69. The first kappa shape index (κ1) is 17.2. The molecule has 0 saturated carbocycles. The summed E-state index contributed by atoms with van der Waals surface area (Å²) in [6.45, 7) is 7.87. The maximum absolute atomic E-state index is 9.69. The van der Waals surface area contributed by atoms with Crippen LogP contribution in [0.4, 0.5) is 0 Å². The van der Waals surface area contributed by atoms with Crippen LogP contribution in [-0.2, 0) is 9.31 Å². The van der Waals surface area contributed by atoms with Gasteiger partial charge in [-0.3, -0.25) is 0 Å². The van der Waals surface area contributed by atoms with Crippen molar-refractivity contribution in [3.63, 3.8) is 0 Å². The molecule has 3 nitrogen and oxygen atoms in total. The fourth-order valence-corrected chi connectivity index (χ4v) is 2.75. The summed E-state index contributed by atoms with van der Waals surface area (Å²) >= 11 is 6.97. The number of rotatable bonds is 3. The molecule has 0 atom stereocenters. The Labute approximate surface area is 143 Å². The normalized spacial score (nSPS) is 20.9. The van der Waals surface area contributed by atoms with Gasteiger partial charge in [0.05, 0.1) is 17.8 Å². The van der Waals surface area contributed by atoms with Gasteiger partial charge in [-0.1, -0.05) is 37.9 Å². The van der Waals surface area contributed by atoms with Crippen molar-refractivity contribution in [3.8, 4) is 0 Å². The minimum Gasteiger partial charge on any atom is -0.400 e. The maximum atomic E-state index is 9.69. The lowest BCUT2D eigenvalue weighted by Crippen LogP contribution is -2.41. The van der Waals surface area contributed by atoms with Crippen LogP contribution in [-0.4, -0.2) is 30.0 Å². The molecule has 0 unspecified atom stereocenters. The summed E-state index contributed by atoms with van der Waals surface area (Å²) < 4.78 is 13.9. The molecule has 21 heavy (non-hydrogen) atoms. The zero-order chi connectivity index (χ0) is 15.8. The van der Waals surface area contributed by atoms with Gasteiger partial charge in [-0.05, 0) is 56.9 Å². The zero-order valence-electron chi connectivity index (χ0n) is 12.6. The lowest BCUT2D eigenvalue weighted by molar-refractivity contribution is 0.00578. The third-order valence-corrected chi connectivity index (χ3v) is 5.25. The van der Waals surface area contributed by atoms with Gasteiger partial charge in [0.2, 0.25) is 0 Å². The van der Waals surface area contributed by atoms with Crippen molar-refractivity contribution in [2.45, 2.75) is 38.9 Å². The minimum absolute atomic E-state index is 0.115. The molecule has 6 heteroatoms. The largest absolute Gasteiger partial charge is 0.492 e. The van der Waals surface area contributed by atoms with Gasteiger partial charge < -0.3 is 14.4 Å². The van der Waals surface area contributed by atoms with E-state index in [1.165, 1.54) is 0 Å². The van der Waals surface area contributed by atoms with Crippen LogP contribution >= 0.6 is 31.9 Å². The summed E-state index contributed by atoms with van der Waals surface area (Å²) in [5.41, 5.74) is 0.830. The fraction of sp³-hybridized carbons (Fsp3) is 0.467. The molecule has 0 amide bonds. The molecule has 1 saturated heterocycles. The first-order valence-electron chi connectivity index (χ1n) is 6.78. The molecule has 0 aliphatic carbocycles. The van der Waals surface area contributed by atoms with Gasteiger partial charge in [0.15, 0.2) is 0 Å². The van der Waals surface area contributed by atoms with Gasteiger partial charge in [0, 0.05) is 8.95 Å². The second kappa shape index (κ2) is 6.16. The SMILES string of the molecule is CC1(C)OB(C(=Cc2cc(Br)ccc2Br)CO)OC1(C)C. The number of hydrogen-bond donors (Lipinski definition) is 1. The highest BCUT2D eigenvalue weighted by Gasteiger charge is 2.52. The maximum Gasteiger partial charge on any atom is 0.492 e. The van der Waals surface area contributed by atoms with Crippen LogP contribution in [0.1, 0.15) is 33.3 Å². The third kappa shape index (κ3) is 3.62. The molecule has 0 aromatic heterocycles. The van der Waals surface area contributed by atoms with E-state index in [1.54, 1.807) is 0 Å². The summed E-state index contributed by atoms with van der Waals surface area (Å²) in [5.74, 6) is 0. The van der Waals surface area contributed by atoms with E-state index in [0.29, 0.717) is 5.47 Å². The number of aliphatic hydroxyl groups is 1. The minimum atomic E-state index is -0.536. The molecule has 1 aliphatic rings. The van der Waals surface area contributed by atoms with Crippen LogP contribution in [0.3, 0.4) is 0 Å². The zero-order valence-corrected chi connectivity index (χ0v) is 15.8. The second-order valence-electron chi connectivity index (χ2n) is 6.13. The van der Waals surface area contributed by atoms with E-state index in [-0.39, 0.29) is 6.61 Å². The number of aliphatic hydroxyl groups excluding tert-OH is 1. The van der Waals surface area contributed by atoms with Crippen LogP contribution < -0.4 is 0 Å². The van der Waals surface area contributed by atoms with Crippen LogP contribution in [0.15, 0.2) is 32.6 Å². The average Bonchev–Trinajstić information content (AvgIpc) is 2.59. The van der Waals surface area contributed by atoms with Crippen molar-refractivity contribution in [1.29, 1.82) is 0 Å². The molecule has 2 rings (SSSR count). The van der Waals surface area contributed by atoms with E-state index in [0.717, 1.165) is 14.5 Å². The average molecular weight is 418 g/mol. The summed E-state index contributed by atoms with van der Waals surface area (Å²) in [6.07, 6.45) is 1.90. The highest BCUT2D eigenvalue weighted by molar-refractivity contribution is 9.11. The van der Waals surface area contributed by atoms with Crippen LogP contribution in [0.5, 0.6) is 0 Å². The van der Waals surface area contributed by atoms with E-state index >= 15 is 0 Å². The molecule has 0 bridgehead atoms. The van der Waals surface area contributed by atoms with Crippen molar-refractivity contribution < 1.29 is 14.4 Å². The standard InChI is InChI=1S/C15H19BBr2O3/c1-14(2)15(3,4)21-16(20-14)11(9-19)7-10-8-12(17)5-6-13(10)18/h5-8,19H,9H2,1-4H3. The van der Waals surface area contributed by atoms with Crippen LogP contribution in [0.2, 0.25) is 0 Å². The fourth-order valence-electron chi connectivity index (χ4n) is 2.01. The Morgan fingerprint density at radius 3 is 2.29 bits per heavy atom. The molecule has 114 valence electrons. The first-order valence-corrected chi connectivity index (χ1v) is 8.37. The van der Waals surface area contributed by atoms with Gasteiger partial charge in [-0.2, -0.15) is 0 Å². The smallest absolute Gasteiger partial charge is 0.400 e. The first-order chi connectivity index (χ1) is 9.66. The second-order valence-corrected chi connectivity index (χ2v) is 7.90. The molecule has 1 aromatic rings. The molecular formula is C15H19BBr2O3. The molecule has 1 aromatic carbocycles. The molecule has 1 aliphatic heterocycles. The van der Waals surface area contributed by atoms with Crippen LogP contribution in [0.25, 0.3) is 6.08 Å². The van der Waals surface area contributed by atoms with Gasteiger partial charge >= 0.3 is 7.12 Å². The van der Waals surface area contributed by atoms with E-state index in [9.17, 15) is 5.11 Å². The molecule has 0 radical (unpaired) electrons. The van der Waals surface area contributed by atoms with Gasteiger partial charge in [0.25, 0.3) is 0 Å². The van der Waals surface area contributed by atoms with Crippen molar-refractivity contribution in [2.24, 2.45) is 0 Å². The van der Waals surface area contributed by atoms with Gasteiger partial charge in [-0.25, -0.2) is 0 Å². The van der Waals surface area contributed by atoms with E-state index in [4.69, 9.17) is 9.31 Å². The van der Waals surface area contributed by atoms with Crippen molar-refractivity contribution in [2.75, 3.05) is 6.61 Å². The Bertz CT molecular complexity index is 554. The quantitative estimate of drug-likeness (QED) is 0.748. The third-order valence-electron chi connectivity index (χ3n) is 4.04. The predicted molar refractivity (Wildman–Crippen MR) is 93.0 cm³/mol. The van der Waals surface area contributed by atoms with E-state index < -0.39 is 18.3 Å². The Hall–Kier alpha value is -0.135. The lowest BCUT2D eigenvalue weighted by atomic mass is 9.77. The molecular weight excluding hydrogens is 399 g/mol. The topological polar surface area (TPSA) is 38.7 Å². The highest BCUT2D eigenvalue weighted by Crippen LogP contribution is 2.39. The van der Waals surface area contributed by atoms with Gasteiger partial charge in [-0.15, -0.1) is 0 Å². The van der Waals surface area contributed by atoms with E-state index in [1.807, 2.05) is 52.0 Å². The molecule has 1 heterocycles. The molecule has 1 fully saturated rings. The summed E-state index contributed by atoms with van der Waals surface area (Å²) in [7, 11) is -0.536. The number of halogens is 2. The summed E-state index contributed by atoms with van der Waals surface area (Å²) in [6, 6.07) is 5.88. The predicted octanol–water partition coefficient (Wildman–Crippen LogP) is 4.22. The van der Waals surface area contributed by atoms with E-state index in [2.05, 4.69) is 31.9 Å². The number of benzene rings is 1. The summed E-state index contributed by atoms with van der Waals surface area (Å²) in [4.78, 5) is 0. The molecule has 1 N–H and O–H groups in total. The Balaban J connectivity index is 2.33. The molecule has 0 spiro atoms. The Morgan fingerprint density at radius 1 is 1.19 bits per heavy atom. The highest BCUT2D eigenvalue weighted by atomic mass is 79.9.